The summed E-state index contributed by atoms with van der Waals surface area (Å²) in [4.78, 5) is 10.4. The molecule has 1 aromatic rings. The van der Waals surface area contributed by atoms with E-state index in [1.165, 1.54) is 0 Å². The van der Waals surface area contributed by atoms with E-state index in [9.17, 15) is 4.79 Å². The predicted molar refractivity (Wildman–Crippen MR) is 55.1 cm³/mol. The highest BCUT2D eigenvalue weighted by atomic mass is 16.5. The first-order chi connectivity index (χ1) is 7.77. The van der Waals surface area contributed by atoms with Gasteiger partial charge in [0.1, 0.15) is 12.2 Å². The molecule has 0 amide bonds. The van der Waals surface area contributed by atoms with E-state index in [-0.39, 0.29) is 6.42 Å². The zero-order valence-corrected chi connectivity index (χ0v) is 9.00. The Hall–Kier alpha value is -1.43. The summed E-state index contributed by atoms with van der Waals surface area (Å²) in [7, 11) is 0. The second-order valence-corrected chi connectivity index (χ2v) is 3.94. The van der Waals surface area contributed by atoms with Gasteiger partial charge in [0.15, 0.2) is 0 Å². The Labute approximate surface area is 93.2 Å². The molecule has 0 saturated carbocycles. The lowest BCUT2D eigenvalue weighted by Gasteiger charge is -2.09. The van der Waals surface area contributed by atoms with Gasteiger partial charge in [-0.25, -0.2) is 0 Å². The monoisotopic (exact) mass is 225 g/mol. The normalized spacial score (nSPS) is 20.1. The van der Waals surface area contributed by atoms with Crippen LogP contribution < -0.4 is 0 Å². The van der Waals surface area contributed by atoms with Gasteiger partial charge in [0, 0.05) is 25.5 Å². The second-order valence-electron chi connectivity index (χ2n) is 3.94. The van der Waals surface area contributed by atoms with Crippen molar-refractivity contribution in [3.63, 3.8) is 0 Å². The maximum absolute atomic E-state index is 10.4. The van der Waals surface area contributed by atoms with Gasteiger partial charge in [-0.15, -0.1) is 10.2 Å². The molecule has 16 heavy (non-hydrogen) atoms. The Morgan fingerprint density at radius 2 is 2.56 bits per heavy atom. The van der Waals surface area contributed by atoms with Gasteiger partial charge in [-0.1, -0.05) is 0 Å². The average Bonchev–Trinajstić information content (AvgIpc) is 2.84. The molecule has 0 bridgehead atoms. The van der Waals surface area contributed by atoms with Crippen LogP contribution in [-0.2, 0) is 16.1 Å². The highest BCUT2D eigenvalue weighted by molar-refractivity contribution is 5.66. The summed E-state index contributed by atoms with van der Waals surface area (Å²) in [6.07, 6.45) is 3.42. The Morgan fingerprint density at radius 1 is 1.69 bits per heavy atom. The average molecular weight is 225 g/mol. The summed E-state index contributed by atoms with van der Waals surface area (Å²) >= 11 is 0. The summed E-state index contributed by atoms with van der Waals surface area (Å²) in [5.41, 5.74) is 0. The van der Waals surface area contributed by atoms with Crippen LogP contribution in [0.1, 0.15) is 31.0 Å². The maximum atomic E-state index is 10.4. The number of carboxylic acid groups (broad SMARTS) is 1. The topological polar surface area (TPSA) is 77.2 Å². The molecule has 1 unspecified atom stereocenters. The molecule has 1 fully saturated rings. The number of hydrogen-bond acceptors (Lipinski definition) is 4. The molecular formula is C10H15N3O3. The van der Waals surface area contributed by atoms with E-state index in [0.717, 1.165) is 18.9 Å². The Balaban J connectivity index is 1.93. The molecule has 1 aromatic heterocycles. The molecule has 88 valence electrons. The van der Waals surface area contributed by atoms with Gasteiger partial charge in [-0.05, 0) is 12.8 Å². The lowest BCUT2D eigenvalue weighted by molar-refractivity contribution is -0.137. The van der Waals surface area contributed by atoms with Crippen LogP contribution >= 0.6 is 0 Å². The van der Waals surface area contributed by atoms with Gasteiger partial charge in [-0.2, -0.15) is 0 Å². The quantitative estimate of drug-likeness (QED) is 0.796. The van der Waals surface area contributed by atoms with E-state index < -0.39 is 5.97 Å². The molecule has 2 rings (SSSR count). The van der Waals surface area contributed by atoms with Gasteiger partial charge >= 0.3 is 5.97 Å². The highest BCUT2D eigenvalue weighted by Gasteiger charge is 2.22. The van der Waals surface area contributed by atoms with Crippen molar-refractivity contribution in [2.75, 3.05) is 13.2 Å². The van der Waals surface area contributed by atoms with E-state index in [1.807, 2.05) is 4.57 Å². The fourth-order valence-electron chi connectivity index (χ4n) is 1.89. The molecule has 1 saturated heterocycles. The molecule has 1 N–H and O–H groups in total. The molecule has 0 aliphatic carbocycles. The van der Waals surface area contributed by atoms with Crippen molar-refractivity contribution in [3.8, 4) is 0 Å². The summed E-state index contributed by atoms with van der Waals surface area (Å²) in [5, 5.41) is 16.5. The van der Waals surface area contributed by atoms with Crippen molar-refractivity contribution < 1.29 is 14.6 Å². The van der Waals surface area contributed by atoms with Gasteiger partial charge in [0.05, 0.1) is 6.61 Å². The highest BCUT2D eigenvalue weighted by Crippen LogP contribution is 2.23. The number of carboxylic acids is 1. The summed E-state index contributed by atoms with van der Waals surface area (Å²) < 4.78 is 7.24. The Morgan fingerprint density at radius 3 is 3.25 bits per heavy atom. The number of carbonyl (C=O) groups is 1. The van der Waals surface area contributed by atoms with Crippen LogP contribution in [0.2, 0.25) is 0 Å². The van der Waals surface area contributed by atoms with E-state index >= 15 is 0 Å². The van der Waals surface area contributed by atoms with Crippen LogP contribution in [0, 0.1) is 0 Å². The molecule has 0 spiro atoms. The largest absolute Gasteiger partial charge is 0.481 e. The molecule has 0 radical (unpaired) electrons. The fraction of sp³-hybridized carbons (Fsp3) is 0.700. The number of rotatable bonds is 5. The number of aliphatic carboxylic acids is 1. The lowest BCUT2D eigenvalue weighted by Crippen LogP contribution is -2.10. The van der Waals surface area contributed by atoms with Gasteiger partial charge < -0.3 is 14.4 Å². The standard InChI is InChI=1S/C10H15N3O3/c14-9(15)2-1-4-13-7-11-12-10(13)8-3-5-16-6-8/h7-8H,1-6H2,(H,14,15). The predicted octanol–water partition coefficient (Wildman–Crippen LogP) is 0.647. The molecule has 1 atom stereocenters. The first kappa shape index (κ1) is 11.1. The summed E-state index contributed by atoms with van der Waals surface area (Å²) in [5.74, 6) is 0.467. The van der Waals surface area contributed by atoms with E-state index in [2.05, 4.69) is 10.2 Å². The number of aryl methyl sites for hydroxylation is 1. The van der Waals surface area contributed by atoms with Crippen LogP contribution in [-0.4, -0.2) is 39.1 Å². The molecule has 2 heterocycles. The van der Waals surface area contributed by atoms with Crippen molar-refractivity contribution in [3.05, 3.63) is 12.2 Å². The SMILES string of the molecule is O=C(O)CCCn1cnnc1C1CCOC1. The van der Waals surface area contributed by atoms with E-state index in [4.69, 9.17) is 9.84 Å². The first-order valence-electron chi connectivity index (χ1n) is 5.44. The number of ether oxygens (including phenoxy) is 1. The minimum absolute atomic E-state index is 0.179. The maximum Gasteiger partial charge on any atom is 0.303 e. The van der Waals surface area contributed by atoms with E-state index in [1.54, 1.807) is 6.33 Å². The molecule has 6 heteroatoms. The fourth-order valence-corrected chi connectivity index (χ4v) is 1.89. The Bertz CT molecular complexity index is 358. The van der Waals surface area contributed by atoms with Crippen LogP contribution in [0.25, 0.3) is 0 Å². The number of hydrogen-bond donors (Lipinski definition) is 1. The van der Waals surface area contributed by atoms with Crippen LogP contribution in [0.3, 0.4) is 0 Å². The smallest absolute Gasteiger partial charge is 0.303 e. The van der Waals surface area contributed by atoms with Gasteiger partial charge in [-0.3, -0.25) is 4.79 Å². The van der Waals surface area contributed by atoms with Crippen molar-refractivity contribution in [2.24, 2.45) is 0 Å². The zero-order chi connectivity index (χ0) is 11.4. The summed E-state index contributed by atoms with van der Waals surface area (Å²) in [6.45, 7) is 2.12. The molecule has 6 nitrogen and oxygen atoms in total. The molecular weight excluding hydrogens is 210 g/mol. The molecule has 1 aliphatic heterocycles. The number of aromatic nitrogens is 3. The minimum Gasteiger partial charge on any atom is -0.481 e. The number of nitrogens with zero attached hydrogens (tertiary/aromatic N) is 3. The van der Waals surface area contributed by atoms with Gasteiger partial charge in [0.2, 0.25) is 0 Å². The third-order valence-corrected chi connectivity index (χ3v) is 2.73. The minimum atomic E-state index is -0.765. The third kappa shape index (κ3) is 2.57. The van der Waals surface area contributed by atoms with Crippen molar-refractivity contribution in [1.29, 1.82) is 0 Å². The van der Waals surface area contributed by atoms with Crippen LogP contribution in [0.4, 0.5) is 0 Å². The van der Waals surface area contributed by atoms with Crippen LogP contribution in [0.15, 0.2) is 6.33 Å². The molecule has 0 aromatic carbocycles. The van der Waals surface area contributed by atoms with Crippen molar-refractivity contribution in [2.45, 2.75) is 31.7 Å². The summed E-state index contributed by atoms with van der Waals surface area (Å²) in [6, 6.07) is 0. The van der Waals surface area contributed by atoms with E-state index in [0.29, 0.717) is 25.5 Å². The van der Waals surface area contributed by atoms with Crippen LogP contribution in [0.5, 0.6) is 0 Å². The lowest BCUT2D eigenvalue weighted by atomic mass is 10.1. The van der Waals surface area contributed by atoms with Crippen molar-refractivity contribution >= 4 is 5.97 Å². The second kappa shape index (κ2) is 5.07. The zero-order valence-electron chi connectivity index (χ0n) is 9.00. The first-order valence-corrected chi connectivity index (χ1v) is 5.44. The third-order valence-electron chi connectivity index (χ3n) is 2.73. The molecule has 1 aliphatic rings. The van der Waals surface area contributed by atoms with Crippen molar-refractivity contribution in [1.82, 2.24) is 14.8 Å². The Kier molecular flexibility index (Phi) is 3.51. The van der Waals surface area contributed by atoms with Gasteiger partial charge in [0.25, 0.3) is 0 Å².